The minimum atomic E-state index is -0.500. The van der Waals surface area contributed by atoms with Crippen LogP contribution in [0.3, 0.4) is 0 Å². The van der Waals surface area contributed by atoms with E-state index < -0.39 is 5.60 Å². The highest BCUT2D eigenvalue weighted by atomic mass is 32.2. The minimum absolute atomic E-state index is 0. The van der Waals surface area contributed by atoms with Crippen molar-refractivity contribution in [1.82, 2.24) is 5.32 Å². The van der Waals surface area contributed by atoms with Crippen LogP contribution in [0, 0.1) is 17.2 Å². The van der Waals surface area contributed by atoms with Crippen LogP contribution < -0.4 is 5.32 Å². The van der Waals surface area contributed by atoms with Gasteiger partial charge in [-0.3, -0.25) is 4.79 Å². The van der Waals surface area contributed by atoms with Crippen LogP contribution in [0.5, 0.6) is 0 Å². The third-order valence-electron chi connectivity index (χ3n) is 1.69. The predicted molar refractivity (Wildman–Crippen MR) is 72.4 cm³/mol. The molecule has 17 heavy (non-hydrogen) atoms. The molecule has 1 aliphatic rings. The number of allylic oxidation sites excluding steroid dienone is 1. The first-order valence-electron chi connectivity index (χ1n) is 5.44. The van der Waals surface area contributed by atoms with E-state index in [1.54, 1.807) is 20.8 Å². The second-order valence-electron chi connectivity index (χ2n) is 4.83. The van der Waals surface area contributed by atoms with Gasteiger partial charge < -0.3 is 10.4 Å². The lowest BCUT2D eigenvalue weighted by Gasteiger charge is -2.04. The number of hydrogen-bond acceptors (Lipinski definition) is 4. The standard InChI is InChI=1S/C8H10N2OS.C4H10O.H2/c1-6-2-7(4-10-5-11)12-8(6)3-9;1-4(2,3)5;/h2,5-6,8H,4H2,1H3,(H,10,11);5H,1-3H3;1H. The molecule has 2 N–H and O–H groups in total. The summed E-state index contributed by atoms with van der Waals surface area (Å²) in [6.07, 6.45) is 2.71. The lowest BCUT2D eigenvalue weighted by Crippen LogP contribution is -2.12. The van der Waals surface area contributed by atoms with Crippen LogP contribution in [-0.4, -0.2) is 28.9 Å². The Balaban J connectivity index is 0. The Labute approximate surface area is 109 Å². The molecule has 0 aliphatic carbocycles. The minimum Gasteiger partial charge on any atom is -0.391 e. The lowest BCUT2D eigenvalue weighted by molar-refractivity contribution is -0.109. The third-order valence-corrected chi connectivity index (χ3v) is 3.06. The molecular weight excluding hydrogens is 236 g/mol. The predicted octanol–water partition coefficient (Wildman–Crippen LogP) is 1.91. The molecule has 4 nitrogen and oxygen atoms in total. The van der Waals surface area contributed by atoms with Gasteiger partial charge in [0.2, 0.25) is 6.41 Å². The van der Waals surface area contributed by atoms with Gasteiger partial charge in [0.15, 0.2) is 0 Å². The Hall–Kier alpha value is -0.990. The summed E-state index contributed by atoms with van der Waals surface area (Å²) in [7, 11) is 0. The number of nitrogens with zero attached hydrogens (tertiary/aromatic N) is 1. The van der Waals surface area contributed by atoms with Crippen molar-refractivity contribution in [3.05, 3.63) is 11.0 Å². The highest BCUT2D eigenvalue weighted by Crippen LogP contribution is 2.35. The zero-order valence-electron chi connectivity index (χ0n) is 10.7. The topological polar surface area (TPSA) is 73.1 Å². The van der Waals surface area contributed by atoms with E-state index in [1.807, 2.05) is 13.0 Å². The first-order valence-corrected chi connectivity index (χ1v) is 6.32. The Morgan fingerprint density at radius 2 is 2.24 bits per heavy atom. The average Bonchev–Trinajstić information content (AvgIpc) is 2.53. The molecule has 2 atom stereocenters. The van der Waals surface area contributed by atoms with Crippen molar-refractivity contribution in [2.24, 2.45) is 5.92 Å². The van der Waals surface area contributed by atoms with Crippen molar-refractivity contribution in [2.45, 2.75) is 38.5 Å². The smallest absolute Gasteiger partial charge is 0.207 e. The van der Waals surface area contributed by atoms with Crippen LogP contribution in [0.1, 0.15) is 29.1 Å². The molecule has 1 heterocycles. The van der Waals surface area contributed by atoms with Gasteiger partial charge in [-0.15, -0.1) is 11.8 Å². The molecule has 0 spiro atoms. The fourth-order valence-corrected chi connectivity index (χ4v) is 2.21. The van der Waals surface area contributed by atoms with Gasteiger partial charge in [-0.05, 0) is 20.8 Å². The van der Waals surface area contributed by atoms with Gasteiger partial charge >= 0.3 is 0 Å². The van der Waals surface area contributed by atoms with Crippen molar-refractivity contribution < 1.29 is 11.3 Å². The van der Waals surface area contributed by atoms with Gasteiger partial charge in [-0.1, -0.05) is 13.0 Å². The van der Waals surface area contributed by atoms with Crippen molar-refractivity contribution >= 4 is 18.2 Å². The maximum Gasteiger partial charge on any atom is 0.207 e. The van der Waals surface area contributed by atoms with Gasteiger partial charge in [-0.25, -0.2) is 0 Å². The van der Waals surface area contributed by atoms with Crippen molar-refractivity contribution in [2.75, 3.05) is 6.54 Å². The highest BCUT2D eigenvalue weighted by molar-refractivity contribution is 8.04. The van der Waals surface area contributed by atoms with Gasteiger partial charge in [0.25, 0.3) is 0 Å². The van der Waals surface area contributed by atoms with E-state index in [2.05, 4.69) is 11.4 Å². The van der Waals surface area contributed by atoms with Crippen LogP contribution in [0.25, 0.3) is 0 Å². The first kappa shape index (κ1) is 16.0. The van der Waals surface area contributed by atoms with Gasteiger partial charge in [0.05, 0.1) is 11.7 Å². The van der Waals surface area contributed by atoms with Crippen molar-refractivity contribution in [3.63, 3.8) is 0 Å². The summed E-state index contributed by atoms with van der Waals surface area (Å²) >= 11 is 1.54. The molecule has 5 heteroatoms. The summed E-state index contributed by atoms with van der Waals surface area (Å²) in [5, 5.41) is 19.8. The second-order valence-corrected chi connectivity index (χ2v) is 6.10. The Morgan fingerprint density at radius 3 is 2.59 bits per heavy atom. The number of nitrogens with one attached hydrogen (secondary N) is 1. The largest absolute Gasteiger partial charge is 0.391 e. The van der Waals surface area contributed by atoms with Crippen molar-refractivity contribution in [1.29, 1.82) is 5.26 Å². The number of rotatable bonds is 3. The maximum atomic E-state index is 9.98. The van der Waals surface area contributed by atoms with Crippen molar-refractivity contribution in [3.8, 4) is 6.07 Å². The molecule has 1 rings (SSSR count). The molecule has 98 valence electrons. The van der Waals surface area contributed by atoms with Crippen LogP contribution >= 0.6 is 11.8 Å². The summed E-state index contributed by atoms with van der Waals surface area (Å²) < 4.78 is 0. The second kappa shape index (κ2) is 7.36. The molecule has 0 aromatic rings. The van der Waals surface area contributed by atoms with Crippen LogP contribution in [-0.2, 0) is 4.79 Å². The van der Waals surface area contributed by atoms with Crippen LogP contribution in [0.4, 0.5) is 0 Å². The monoisotopic (exact) mass is 258 g/mol. The van der Waals surface area contributed by atoms with E-state index in [1.165, 1.54) is 11.8 Å². The Bertz CT molecular complexity index is 315. The van der Waals surface area contributed by atoms with Crippen LogP contribution in [0.2, 0.25) is 0 Å². The molecule has 2 unspecified atom stereocenters. The molecule has 0 fully saturated rings. The molecule has 0 saturated carbocycles. The van der Waals surface area contributed by atoms with Gasteiger partial charge in [-0.2, -0.15) is 5.26 Å². The molecular formula is C12H22N2O2S. The molecule has 0 aromatic heterocycles. The number of carbonyl (C=O) groups is 1. The molecule has 1 amide bonds. The quantitative estimate of drug-likeness (QED) is 0.758. The molecule has 0 saturated heterocycles. The molecule has 0 bridgehead atoms. The summed E-state index contributed by atoms with van der Waals surface area (Å²) in [4.78, 5) is 11.1. The molecule has 1 aliphatic heterocycles. The fraction of sp³-hybridized carbons (Fsp3) is 0.667. The first-order chi connectivity index (χ1) is 7.77. The summed E-state index contributed by atoms with van der Waals surface area (Å²) in [5.41, 5.74) is -0.500. The van der Waals surface area contributed by atoms with E-state index in [9.17, 15) is 4.79 Å². The SMILES string of the molecule is CC(C)(C)O.CC1C=C(CNC=O)SC1C#N.[HH]. The van der Waals surface area contributed by atoms with E-state index in [-0.39, 0.29) is 6.68 Å². The third kappa shape index (κ3) is 8.78. The Kier molecular flexibility index (Phi) is 6.93. The molecule has 0 aromatic carbocycles. The van der Waals surface area contributed by atoms with E-state index >= 15 is 0 Å². The number of aliphatic hydroxyl groups is 1. The summed E-state index contributed by atoms with van der Waals surface area (Å²) in [5.74, 6) is 0.295. The fourth-order valence-electron chi connectivity index (χ4n) is 1.08. The molecule has 0 radical (unpaired) electrons. The summed E-state index contributed by atoms with van der Waals surface area (Å²) in [6.45, 7) is 7.79. The normalized spacial score (nSPS) is 22.9. The van der Waals surface area contributed by atoms with E-state index in [0.717, 1.165) is 4.91 Å². The highest BCUT2D eigenvalue weighted by Gasteiger charge is 2.23. The zero-order valence-corrected chi connectivity index (χ0v) is 11.5. The number of thioether (sulfide) groups is 1. The number of nitriles is 1. The number of carbonyl (C=O) groups excluding carboxylic acids is 1. The van der Waals surface area contributed by atoms with E-state index in [4.69, 9.17) is 10.4 Å². The van der Waals surface area contributed by atoms with E-state index in [0.29, 0.717) is 18.9 Å². The number of hydrogen-bond donors (Lipinski definition) is 2. The number of amides is 1. The lowest BCUT2D eigenvalue weighted by atomic mass is 10.1. The van der Waals surface area contributed by atoms with Gasteiger partial charge in [0, 0.05) is 18.8 Å². The van der Waals surface area contributed by atoms with Crippen LogP contribution in [0.15, 0.2) is 11.0 Å². The zero-order chi connectivity index (χ0) is 13.5. The summed E-state index contributed by atoms with van der Waals surface area (Å²) in [6, 6.07) is 2.21. The maximum absolute atomic E-state index is 9.98. The van der Waals surface area contributed by atoms with Gasteiger partial charge in [0.1, 0.15) is 5.25 Å². The average molecular weight is 258 g/mol. The Morgan fingerprint density at radius 1 is 1.71 bits per heavy atom.